The molecular formula is C14H20. The van der Waals surface area contributed by atoms with Gasteiger partial charge in [0.05, 0.1) is 0 Å². The summed E-state index contributed by atoms with van der Waals surface area (Å²) in [5, 5.41) is 0. The van der Waals surface area contributed by atoms with Crippen LogP contribution in [0, 0.1) is 6.92 Å². The second-order valence-electron chi connectivity index (χ2n) is 3.82. The van der Waals surface area contributed by atoms with Gasteiger partial charge in [-0.3, -0.25) is 0 Å². The molecule has 1 atom stereocenters. The second-order valence-corrected chi connectivity index (χ2v) is 3.82. The Morgan fingerprint density at radius 1 is 1.21 bits per heavy atom. The molecule has 0 aliphatic carbocycles. The van der Waals surface area contributed by atoms with E-state index in [-0.39, 0.29) is 0 Å². The molecule has 0 spiro atoms. The zero-order valence-corrected chi connectivity index (χ0v) is 9.46. The molecule has 1 unspecified atom stereocenters. The highest BCUT2D eigenvalue weighted by atomic mass is 14.1. The Hall–Kier alpha value is -1.04. The molecule has 0 saturated heterocycles. The fraction of sp³-hybridized carbons (Fsp3) is 0.429. The monoisotopic (exact) mass is 188 g/mol. The van der Waals surface area contributed by atoms with E-state index in [4.69, 9.17) is 0 Å². The van der Waals surface area contributed by atoms with Gasteiger partial charge >= 0.3 is 0 Å². The maximum Gasteiger partial charge on any atom is -0.0130 e. The minimum Gasteiger partial charge on any atom is -0.0916 e. The number of hydrogen-bond donors (Lipinski definition) is 0. The molecule has 1 aromatic carbocycles. The first kappa shape index (κ1) is 11.0. The summed E-state index contributed by atoms with van der Waals surface area (Å²) in [5.74, 6) is 0.687. The highest BCUT2D eigenvalue weighted by Gasteiger charge is 2.06. The SMILES string of the molecule is C/C=C\CC(CC)c1ccc(C)cc1. The highest BCUT2D eigenvalue weighted by molar-refractivity contribution is 5.24. The van der Waals surface area contributed by atoms with E-state index in [1.807, 2.05) is 0 Å². The van der Waals surface area contributed by atoms with Gasteiger partial charge in [-0.15, -0.1) is 0 Å². The van der Waals surface area contributed by atoms with Gasteiger partial charge in [-0.25, -0.2) is 0 Å². The molecule has 0 heteroatoms. The predicted molar refractivity (Wildman–Crippen MR) is 63.6 cm³/mol. The maximum atomic E-state index is 2.26. The molecule has 0 heterocycles. The Balaban J connectivity index is 2.73. The van der Waals surface area contributed by atoms with Crippen LogP contribution in [0.15, 0.2) is 36.4 Å². The molecule has 0 aliphatic heterocycles. The van der Waals surface area contributed by atoms with Gasteiger partial charge in [0.25, 0.3) is 0 Å². The highest BCUT2D eigenvalue weighted by Crippen LogP contribution is 2.23. The molecule has 1 rings (SSSR count). The topological polar surface area (TPSA) is 0 Å². The Morgan fingerprint density at radius 3 is 2.36 bits per heavy atom. The lowest BCUT2D eigenvalue weighted by atomic mass is 9.92. The molecule has 1 aromatic rings. The van der Waals surface area contributed by atoms with Crippen LogP contribution in [0.2, 0.25) is 0 Å². The van der Waals surface area contributed by atoms with Crippen molar-refractivity contribution in [2.24, 2.45) is 0 Å². The van der Waals surface area contributed by atoms with Gasteiger partial charge in [0.15, 0.2) is 0 Å². The van der Waals surface area contributed by atoms with Crippen LogP contribution in [0.5, 0.6) is 0 Å². The summed E-state index contributed by atoms with van der Waals surface area (Å²) in [4.78, 5) is 0. The summed E-state index contributed by atoms with van der Waals surface area (Å²) in [6, 6.07) is 8.92. The number of allylic oxidation sites excluding steroid dienone is 2. The molecule has 14 heavy (non-hydrogen) atoms. The summed E-state index contributed by atoms with van der Waals surface area (Å²) < 4.78 is 0. The third-order valence-corrected chi connectivity index (χ3v) is 2.70. The minimum atomic E-state index is 0.687. The molecule has 0 aliphatic rings. The van der Waals surface area contributed by atoms with Gasteiger partial charge in [0, 0.05) is 0 Å². The average molecular weight is 188 g/mol. The Bertz CT molecular complexity index is 279. The van der Waals surface area contributed by atoms with E-state index in [1.54, 1.807) is 0 Å². The lowest BCUT2D eigenvalue weighted by molar-refractivity contribution is 0.674. The largest absolute Gasteiger partial charge is 0.0916 e. The van der Waals surface area contributed by atoms with Crippen molar-refractivity contribution in [3.05, 3.63) is 47.5 Å². The van der Waals surface area contributed by atoms with Crippen molar-refractivity contribution in [1.82, 2.24) is 0 Å². The Labute approximate surface area is 87.7 Å². The molecule has 0 bridgehead atoms. The predicted octanol–water partition coefficient (Wildman–Crippen LogP) is 4.45. The lowest BCUT2D eigenvalue weighted by Crippen LogP contribution is -1.95. The van der Waals surface area contributed by atoms with E-state index in [1.165, 1.54) is 17.5 Å². The first-order valence-corrected chi connectivity index (χ1v) is 5.45. The van der Waals surface area contributed by atoms with Gasteiger partial charge in [-0.1, -0.05) is 48.9 Å². The van der Waals surface area contributed by atoms with Crippen LogP contribution in [-0.2, 0) is 0 Å². The maximum absolute atomic E-state index is 2.26. The van der Waals surface area contributed by atoms with Gasteiger partial charge in [0.1, 0.15) is 0 Å². The van der Waals surface area contributed by atoms with Crippen LogP contribution in [0.25, 0.3) is 0 Å². The molecule has 0 fully saturated rings. The van der Waals surface area contributed by atoms with E-state index in [0.717, 1.165) is 6.42 Å². The molecule has 0 N–H and O–H groups in total. The second kappa shape index (κ2) is 5.64. The summed E-state index contributed by atoms with van der Waals surface area (Å²) in [7, 11) is 0. The molecule has 0 aromatic heterocycles. The van der Waals surface area contributed by atoms with Crippen molar-refractivity contribution >= 4 is 0 Å². The average Bonchev–Trinajstić information content (AvgIpc) is 2.21. The van der Waals surface area contributed by atoms with E-state index < -0.39 is 0 Å². The normalized spacial score (nSPS) is 13.4. The van der Waals surface area contributed by atoms with Gasteiger partial charge < -0.3 is 0 Å². The molecule has 0 nitrogen and oxygen atoms in total. The van der Waals surface area contributed by atoms with Crippen LogP contribution >= 0.6 is 0 Å². The summed E-state index contributed by atoms with van der Waals surface area (Å²) >= 11 is 0. The van der Waals surface area contributed by atoms with Crippen molar-refractivity contribution in [2.75, 3.05) is 0 Å². The third-order valence-electron chi connectivity index (χ3n) is 2.70. The smallest absolute Gasteiger partial charge is 0.0130 e. The van der Waals surface area contributed by atoms with Crippen molar-refractivity contribution in [3.63, 3.8) is 0 Å². The summed E-state index contributed by atoms with van der Waals surface area (Å²) in [6.07, 6.45) is 6.77. The lowest BCUT2D eigenvalue weighted by Gasteiger charge is -2.13. The van der Waals surface area contributed by atoms with Crippen molar-refractivity contribution in [1.29, 1.82) is 0 Å². The van der Waals surface area contributed by atoms with Crippen molar-refractivity contribution < 1.29 is 0 Å². The van der Waals surface area contributed by atoms with Crippen LogP contribution in [0.4, 0.5) is 0 Å². The van der Waals surface area contributed by atoms with Crippen LogP contribution in [0.3, 0.4) is 0 Å². The molecule has 0 saturated carbocycles. The fourth-order valence-electron chi connectivity index (χ4n) is 1.68. The Kier molecular flexibility index (Phi) is 4.45. The summed E-state index contributed by atoms with van der Waals surface area (Å²) in [5.41, 5.74) is 2.81. The first-order chi connectivity index (χ1) is 6.77. The number of hydrogen-bond acceptors (Lipinski definition) is 0. The molecule has 0 amide bonds. The third kappa shape index (κ3) is 3.02. The number of aryl methyl sites for hydroxylation is 1. The van der Waals surface area contributed by atoms with Crippen molar-refractivity contribution in [3.8, 4) is 0 Å². The van der Waals surface area contributed by atoms with Crippen LogP contribution in [0.1, 0.15) is 43.7 Å². The van der Waals surface area contributed by atoms with E-state index in [2.05, 4.69) is 57.2 Å². The van der Waals surface area contributed by atoms with E-state index in [9.17, 15) is 0 Å². The van der Waals surface area contributed by atoms with E-state index >= 15 is 0 Å². The van der Waals surface area contributed by atoms with Gasteiger partial charge in [0.2, 0.25) is 0 Å². The Morgan fingerprint density at radius 2 is 1.86 bits per heavy atom. The van der Waals surface area contributed by atoms with Gasteiger partial charge in [-0.05, 0) is 38.2 Å². The summed E-state index contributed by atoms with van der Waals surface area (Å²) in [6.45, 7) is 6.48. The van der Waals surface area contributed by atoms with Crippen LogP contribution in [-0.4, -0.2) is 0 Å². The minimum absolute atomic E-state index is 0.687. The molecular weight excluding hydrogens is 168 g/mol. The standard InChI is InChI=1S/C14H20/c1-4-6-7-13(5-2)14-10-8-12(3)9-11-14/h4,6,8-11,13H,5,7H2,1-3H3/b6-4-. The van der Waals surface area contributed by atoms with Gasteiger partial charge in [-0.2, -0.15) is 0 Å². The number of rotatable bonds is 4. The zero-order valence-electron chi connectivity index (χ0n) is 9.46. The first-order valence-electron chi connectivity index (χ1n) is 5.45. The van der Waals surface area contributed by atoms with E-state index in [0.29, 0.717) is 5.92 Å². The zero-order chi connectivity index (χ0) is 10.4. The quantitative estimate of drug-likeness (QED) is 0.612. The molecule has 0 radical (unpaired) electrons. The van der Waals surface area contributed by atoms with Crippen LogP contribution < -0.4 is 0 Å². The molecule has 76 valence electrons. The number of benzene rings is 1. The van der Waals surface area contributed by atoms with Crippen molar-refractivity contribution in [2.45, 2.75) is 39.5 Å². The fourth-order valence-corrected chi connectivity index (χ4v) is 1.68.